The second kappa shape index (κ2) is 8.27. The topological polar surface area (TPSA) is 121 Å². The Labute approximate surface area is 211 Å². The molecule has 0 amide bonds. The summed E-state index contributed by atoms with van der Waals surface area (Å²) in [5.41, 5.74) is -3.74. The maximum Gasteiger partial charge on any atom is 0.333 e. The third kappa shape index (κ3) is 3.28. The quantitative estimate of drug-likeness (QED) is 0.265. The SMILES string of the molecule is C/C=C(\C)C(=O)O[C@H]1[C@H](OC(C)=O)[C@]2(C)O[C@]3(CC[C@]2(C)[C@H]2CCCC4(CO4)[C@]12CO)COC(=O)C3. The molecule has 1 unspecified atom stereocenters. The zero-order valence-electron chi connectivity index (χ0n) is 21.9. The summed E-state index contributed by atoms with van der Waals surface area (Å²) in [6.07, 6.45) is 3.45. The van der Waals surface area contributed by atoms with Crippen LogP contribution in [-0.2, 0) is 38.1 Å². The first-order valence-corrected chi connectivity index (χ1v) is 13.0. The number of hydrogen-bond acceptors (Lipinski definition) is 9. The summed E-state index contributed by atoms with van der Waals surface area (Å²) < 4.78 is 30.6. The van der Waals surface area contributed by atoms with Gasteiger partial charge in [0.15, 0.2) is 12.2 Å². The predicted octanol–water partition coefficient (Wildman–Crippen LogP) is 2.62. The number of cyclic esters (lactones) is 1. The molecule has 0 aromatic carbocycles. The first-order chi connectivity index (χ1) is 16.9. The van der Waals surface area contributed by atoms with Crippen LogP contribution in [-0.4, -0.2) is 71.8 Å². The summed E-state index contributed by atoms with van der Waals surface area (Å²) in [4.78, 5) is 37.9. The van der Waals surface area contributed by atoms with E-state index >= 15 is 0 Å². The fourth-order valence-electron chi connectivity index (χ4n) is 8.05. The van der Waals surface area contributed by atoms with Gasteiger partial charge in [-0.3, -0.25) is 9.59 Å². The van der Waals surface area contributed by atoms with Gasteiger partial charge >= 0.3 is 17.9 Å². The minimum atomic E-state index is -1.11. The van der Waals surface area contributed by atoms with Gasteiger partial charge in [-0.05, 0) is 52.4 Å². The van der Waals surface area contributed by atoms with E-state index in [0.29, 0.717) is 25.0 Å². The average molecular weight is 507 g/mol. The molecule has 5 aliphatic rings. The van der Waals surface area contributed by atoms with Crippen molar-refractivity contribution in [3.05, 3.63) is 11.6 Å². The molecule has 0 aromatic heterocycles. The Kier molecular flexibility index (Phi) is 5.89. The molecule has 1 N–H and O–H groups in total. The van der Waals surface area contributed by atoms with Crippen LogP contribution < -0.4 is 0 Å². The monoisotopic (exact) mass is 506 g/mol. The van der Waals surface area contributed by atoms with Crippen molar-refractivity contribution in [2.75, 3.05) is 19.8 Å². The van der Waals surface area contributed by atoms with Crippen LogP contribution >= 0.6 is 0 Å². The van der Waals surface area contributed by atoms with Crippen molar-refractivity contribution in [1.82, 2.24) is 0 Å². The lowest BCUT2D eigenvalue weighted by molar-refractivity contribution is -0.361. The molecule has 2 spiro atoms. The maximum atomic E-state index is 13.2. The third-order valence-electron chi connectivity index (χ3n) is 10.3. The molecule has 9 heteroatoms. The molecule has 8 atom stereocenters. The van der Waals surface area contributed by atoms with Crippen molar-refractivity contribution in [3.8, 4) is 0 Å². The van der Waals surface area contributed by atoms with Gasteiger partial charge in [0, 0.05) is 17.9 Å². The Hall–Kier alpha value is -1.97. The number of aliphatic hydroxyl groups excluding tert-OH is 1. The number of aliphatic hydroxyl groups is 1. The number of carbonyl (C=O) groups excluding carboxylic acids is 3. The number of fused-ring (bicyclic) bond motifs is 4. The van der Waals surface area contributed by atoms with Crippen LogP contribution in [0.25, 0.3) is 0 Å². The summed E-state index contributed by atoms with van der Waals surface area (Å²) in [6, 6.07) is 0. The van der Waals surface area contributed by atoms with Crippen LogP contribution in [0.5, 0.6) is 0 Å². The van der Waals surface area contributed by atoms with Crippen molar-refractivity contribution in [3.63, 3.8) is 0 Å². The smallest absolute Gasteiger partial charge is 0.333 e. The first kappa shape index (κ1) is 25.7. The van der Waals surface area contributed by atoms with Crippen LogP contribution in [0.2, 0.25) is 0 Å². The van der Waals surface area contributed by atoms with Crippen molar-refractivity contribution < 1.29 is 43.2 Å². The molecule has 3 aliphatic heterocycles. The van der Waals surface area contributed by atoms with Gasteiger partial charge in [-0.25, -0.2) is 4.79 Å². The minimum Gasteiger partial charge on any atom is -0.463 e. The van der Waals surface area contributed by atoms with Gasteiger partial charge in [-0.2, -0.15) is 0 Å². The Balaban J connectivity index is 1.70. The zero-order valence-corrected chi connectivity index (χ0v) is 21.9. The lowest BCUT2D eigenvalue weighted by atomic mass is 9.40. The predicted molar refractivity (Wildman–Crippen MR) is 126 cm³/mol. The van der Waals surface area contributed by atoms with Crippen LogP contribution in [0.15, 0.2) is 11.6 Å². The standard InChI is InChI=1S/C27H38O9/c1-6-16(2)22(31)35-21-20(34-17(3)29)24(5)23(4,10-11-25(36-24)12-19(30)32-14-25)18-8-7-9-26(15-33-26)27(18,21)13-28/h6,18,20-21,28H,7-15H2,1-5H3/b16-6+/t18-,20+,21+,23-,24+,25+,26?,27+/m1/s1. The Morgan fingerprint density at radius 2 is 1.83 bits per heavy atom. The molecule has 0 radical (unpaired) electrons. The maximum absolute atomic E-state index is 13.2. The van der Waals surface area contributed by atoms with Gasteiger partial charge in [0.25, 0.3) is 0 Å². The number of hydrogen-bond donors (Lipinski definition) is 1. The highest BCUT2D eigenvalue weighted by molar-refractivity contribution is 5.88. The molecule has 3 saturated heterocycles. The van der Waals surface area contributed by atoms with Crippen molar-refractivity contribution >= 4 is 17.9 Å². The molecule has 200 valence electrons. The van der Waals surface area contributed by atoms with Crippen molar-refractivity contribution in [2.24, 2.45) is 16.7 Å². The van der Waals surface area contributed by atoms with Gasteiger partial charge < -0.3 is 28.8 Å². The van der Waals surface area contributed by atoms with E-state index in [4.69, 9.17) is 23.7 Å². The molecular weight excluding hydrogens is 468 g/mol. The van der Waals surface area contributed by atoms with Crippen molar-refractivity contribution in [2.45, 2.75) is 102 Å². The lowest BCUT2D eigenvalue weighted by Crippen LogP contribution is -2.80. The Bertz CT molecular complexity index is 1000. The number of ether oxygens (including phenoxy) is 5. The van der Waals surface area contributed by atoms with Gasteiger partial charge in [-0.15, -0.1) is 0 Å². The van der Waals surface area contributed by atoms with E-state index in [1.807, 2.05) is 6.92 Å². The van der Waals surface area contributed by atoms with E-state index in [1.165, 1.54) is 6.92 Å². The van der Waals surface area contributed by atoms with E-state index in [1.54, 1.807) is 19.9 Å². The molecular formula is C27H38O9. The molecule has 2 saturated carbocycles. The largest absolute Gasteiger partial charge is 0.463 e. The summed E-state index contributed by atoms with van der Waals surface area (Å²) >= 11 is 0. The summed E-state index contributed by atoms with van der Waals surface area (Å²) in [5, 5.41) is 11.2. The molecule has 9 nitrogen and oxygen atoms in total. The Morgan fingerprint density at radius 3 is 2.39 bits per heavy atom. The number of rotatable bonds is 4. The van der Waals surface area contributed by atoms with Crippen LogP contribution in [0, 0.1) is 16.7 Å². The van der Waals surface area contributed by atoms with Crippen LogP contribution in [0.3, 0.4) is 0 Å². The average Bonchev–Trinajstić information content (AvgIpc) is 3.52. The number of esters is 3. The van der Waals surface area contributed by atoms with Gasteiger partial charge in [-0.1, -0.05) is 19.4 Å². The van der Waals surface area contributed by atoms with E-state index in [9.17, 15) is 19.5 Å². The van der Waals surface area contributed by atoms with E-state index in [-0.39, 0.29) is 31.5 Å². The zero-order chi connectivity index (χ0) is 26.1. The highest BCUT2D eigenvalue weighted by Crippen LogP contribution is 2.72. The molecule has 5 fully saturated rings. The number of allylic oxidation sites excluding steroid dienone is 1. The number of epoxide rings is 1. The molecule has 2 aliphatic carbocycles. The molecule has 5 rings (SSSR count). The highest BCUT2D eigenvalue weighted by atomic mass is 16.6. The van der Waals surface area contributed by atoms with E-state index < -0.39 is 51.8 Å². The normalized spacial score (nSPS) is 47.7. The molecule has 36 heavy (non-hydrogen) atoms. The van der Waals surface area contributed by atoms with Gasteiger partial charge in [0.1, 0.15) is 23.4 Å². The van der Waals surface area contributed by atoms with Crippen molar-refractivity contribution in [1.29, 1.82) is 0 Å². The van der Waals surface area contributed by atoms with Crippen LogP contribution in [0.1, 0.15) is 73.1 Å². The molecule has 0 aromatic rings. The van der Waals surface area contributed by atoms with Gasteiger partial charge in [0.05, 0.1) is 25.0 Å². The summed E-state index contributed by atoms with van der Waals surface area (Å²) in [6.45, 7) is 9.08. The summed E-state index contributed by atoms with van der Waals surface area (Å²) in [5.74, 6) is -1.53. The third-order valence-corrected chi connectivity index (χ3v) is 10.3. The number of carbonyl (C=O) groups is 3. The molecule has 0 bridgehead atoms. The Morgan fingerprint density at radius 1 is 1.11 bits per heavy atom. The lowest BCUT2D eigenvalue weighted by Gasteiger charge is -2.70. The minimum absolute atomic E-state index is 0.121. The van der Waals surface area contributed by atoms with E-state index in [2.05, 4.69) is 6.92 Å². The van der Waals surface area contributed by atoms with E-state index in [0.717, 1.165) is 19.3 Å². The van der Waals surface area contributed by atoms with Crippen LogP contribution in [0.4, 0.5) is 0 Å². The second-order valence-electron chi connectivity index (χ2n) is 11.9. The second-order valence-corrected chi connectivity index (χ2v) is 11.9. The fourth-order valence-corrected chi connectivity index (χ4v) is 8.05. The summed E-state index contributed by atoms with van der Waals surface area (Å²) in [7, 11) is 0. The first-order valence-electron chi connectivity index (χ1n) is 13.0. The van der Waals surface area contributed by atoms with Gasteiger partial charge in [0.2, 0.25) is 0 Å². The fraction of sp³-hybridized carbons (Fsp3) is 0.815. The molecule has 3 heterocycles. The highest BCUT2D eigenvalue weighted by Gasteiger charge is 2.82.